The average Bonchev–Trinajstić information content (AvgIpc) is 2.53. The smallest absolute Gasteiger partial charge is 0.261 e. The molecule has 1 amide bonds. The van der Waals surface area contributed by atoms with Gasteiger partial charge in [-0.25, -0.2) is 0 Å². The van der Waals surface area contributed by atoms with E-state index in [4.69, 9.17) is 6.42 Å². The number of hydrogen-bond donors (Lipinski definition) is 0. The molecule has 1 aliphatic heterocycles. The Labute approximate surface area is 116 Å². The van der Waals surface area contributed by atoms with Gasteiger partial charge < -0.3 is 0 Å². The minimum absolute atomic E-state index is 0.210. The number of rotatable bonds is 3. The van der Waals surface area contributed by atoms with Gasteiger partial charge in [0.05, 0.1) is 5.92 Å². The van der Waals surface area contributed by atoms with Crippen LogP contribution in [0, 0.1) is 18.3 Å². The average molecular weight is 265 g/mol. The van der Waals surface area contributed by atoms with E-state index < -0.39 is 5.92 Å². The molecule has 0 radical (unpaired) electrons. The van der Waals surface area contributed by atoms with Gasteiger partial charge in [0, 0.05) is 29.1 Å². The van der Waals surface area contributed by atoms with Crippen LogP contribution in [-0.2, 0) is 9.59 Å². The van der Waals surface area contributed by atoms with Crippen LogP contribution in [-0.4, -0.2) is 23.4 Å². The molecule has 0 spiro atoms. The molecule has 0 aliphatic carbocycles. The predicted octanol–water partition coefficient (Wildman–Crippen LogP) is 1.56. The maximum absolute atomic E-state index is 12.3. The second kappa shape index (κ2) is 5.81. The molecule has 20 heavy (non-hydrogen) atoms. The van der Waals surface area contributed by atoms with E-state index in [1.807, 2.05) is 0 Å². The van der Waals surface area contributed by atoms with Crippen molar-refractivity contribution in [3.63, 3.8) is 0 Å². The molecule has 0 saturated heterocycles. The highest BCUT2D eigenvalue weighted by atomic mass is 16.2. The van der Waals surface area contributed by atoms with Crippen molar-refractivity contribution in [3.8, 4) is 12.3 Å². The predicted molar refractivity (Wildman–Crippen MR) is 73.2 cm³/mol. The Morgan fingerprint density at radius 1 is 1.10 bits per heavy atom. The standard InChI is InChI=1S/C16H11NO3/c1-2-15-13(10-18)8-17(9-14(15)11-19)16(20)12-6-4-3-5-7-12/h1,3-11,15H. The Morgan fingerprint density at radius 3 is 2.10 bits per heavy atom. The molecule has 0 aromatic heterocycles. The number of carbonyl (C=O) groups excluding carboxylic acids is 3. The fourth-order valence-corrected chi connectivity index (χ4v) is 1.94. The molecule has 1 aromatic rings. The molecular weight excluding hydrogens is 254 g/mol. The van der Waals surface area contributed by atoms with Gasteiger partial charge >= 0.3 is 0 Å². The number of amides is 1. The van der Waals surface area contributed by atoms with Crippen molar-refractivity contribution in [1.82, 2.24) is 4.90 Å². The molecule has 0 atom stereocenters. The summed E-state index contributed by atoms with van der Waals surface area (Å²) in [5.74, 6) is 1.33. The largest absolute Gasteiger partial charge is 0.298 e. The molecule has 0 fully saturated rings. The molecule has 1 heterocycles. The van der Waals surface area contributed by atoms with Gasteiger partial charge in [-0.1, -0.05) is 24.1 Å². The molecule has 98 valence electrons. The fourth-order valence-electron chi connectivity index (χ4n) is 1.94. The number of aldehydes is 2. The van der Waals surface area contributed by atoms with Gasteiger partial charge in [0.2, 0.25) is 0 Å². The maximum atomic E-state index is 12.3. The Morgan fingerprint density at radius 2 is 1.65 bits per heavy atom. The summed E-state index contributed by atoms with van der Waals surface area (Å²) in [6.07, 6.45) is 9.16. The van der Waals surface area contributed by atoms with E-state index in [9.17, 15) is 14.4 Å². The summed E-state index contributed by atoms with van der Waals surface area (Å²) in [5, 5.41) is 0. The number of carbonyl (C=O) groups is 3. The lowest BCUT2D eigenvalue weighted by atomic mass is 9.92. The van der Waals surface area contributed by atoms with Crippen LogP contribution in [0.2, 0.25) is 0 Å². The minimum Gasteiger partial charge on any atom is -0.298 e. The molecule has 0 N–H and O–H groups in total. The molecule has 2 rings (SSSR count). The van der Waals surface area contributed by atoms with Crippen LogP contribution in [0.1, 0.15) is 10.4 Å². The van der Waals surface area contributed by atoms with Crippen LogP contribution >= 0.6 is 0 Å². The third kappa shape index (κ3) is 2.43. The number of nitrogens with zero attached hydrogens (tertiary/aromatic N) is 1. The van der Waals surface area contributed by atoms with Crippen LogP contribution in [0.3, 0.4) is 0 Å². The van der Waals surface area contributed by atoms with Crippen LogP contribution in [0.5, 0.6) is 0 Å². The Bertz CT molecular complexity index is 624. The van der Waals surface area contributed by atoms with Gasteiger partial charge in [-0.2, -0.15) is 0 Å². The molecule has 4 heteroatoms. The van der Waals surface area contributed by atoms with Crippen molar-refractivity contribution in [2.45, 2.75) is 0 Å². The first-order chi connectivity index (χ1) is 9.71. The number of terminal acetylenes is 1. The van der Waals surface area contributed by atoms with Crippen LogP contribution in [0.15, 0.2) is 53.9 Å². The van der Waals surface area contributed by atoms with Crippen LogP contribution in [0.25, 0.3) is 0 Å². The lowest BCUT2D eigenvalue weighted by Gasteiger charge is -2.23. The van der Waals surface area contributed by atoms with E-state index in [1.165, 1.54) is 17.3 Å². The molecule has 0 bridgehead atoms. The lowest BCUT2D eigenvalue weighted by molar-refractivity contribution is -0.105. The van der Waals surface area contributed by atoms with E-state index in [0.717, 1.165) is 0 Å². The number of benzene rings is 1. The first-order valence-corrected chi connectivity index (χ1v) is 5.89. The Kier molecular flexibility index (Phi) is 3.92. The third-order valence-electron chi connectivity index (χ3n) is 2.94. The summed E-state index contributed by atoms with van der Waals surface area (Å²) >= 11 is 0. The minimum atomic E-state index is -0.704. The van der Waals surface area contributed by atoms with Crippen molar-refractivity contribution in [3.05, 3.63) is 59.4 Å². The summed E-state index contributed by atoms with van der Waals surface area (Å²) in [6.45, 7) is 0. The highest BCUT2D eigenvalue weighted by molar-refractivity contribution is 5.97. The van der Waals surface area contributed by atoms with E-state index >= 15 is 0 Å². The zero-order valence-corrected chi connectivity index (χ0v) is 10.5. The Hall–Kier alpha value is -2.93. The van der Waals surface area contributed by atoms with Crippen molar-refractivity contribution in [2.75, 3.05) is 0 Å². The fraction of sp³-hybridized carbons (Fsp3) is 0.0625. The number of allylic oxidation sites excluding steroid dienone is 2. The molecule has 1 aliphatic rings. The van der Waals surface area contributed by atoms with Gasteiger partial charge in [-0.05, 0) is 12.1 Å². The highest BCUT2D eigenvalue weighted by Crippen LogP contribution is 2.24. The molecule has 4 nitrogen and oxygen atoms in total. The summed E-state index contributed by atoms with van der Waals surface area (Å²) in [6, 6.07) is 8.56. The number of hydrogen-bond acceptors (Lipinski definition) is 3. The van der Waals surface area contributed by atoms with Gasteiger partial charge in [0.15, 0.2) is 0 Å². The quantitative estimate of drug-likeness (QED) is 0.615. The van der Waals surface area contributed by atoms with Gasteiger partial charge in [-0.3, -0.25) is 19.3 Å². The van der Waals surface area contributed by atoms with Crippen LogP contribution in [0.4, 0.5) is 0 Å². The molecule has 0 saturated carbocycles. The summed E-state index contributed by atoms with van der Waals surface area (Å²) in [4.78, 5) is 35.6. The zero-order valence-electron chi connectivity index (χ0n) is 10.5. The normalized spacial score (nSPS) is 14.8. The van der Waals surface area contributed by atoms with Gasteiger partial charge in [-0.15, -0.1) is 6.42 Å². The summed E-state index contributed by atoms with van der Waals surface area (Å²) < 4.78 is 0. The van der Waals surface area contributed by atoms with Crippen LogP contribution < -0.4 is 0 Å². The molecule has 1 aromatic carbocycles. The first-order valence-electron chi connectivity index (χ1n) is 5.89. The zero-order chi connectivity index (χ0) is 14.5. The summed E-state index contributed by atoms with van der Waals surface area (Å²) in [7, 11) is 0. The van der Waals surface area contributed by atoms with E-state index in [0.29, 0.717) is 18.1 Å². The highest BCUT2D eigenvalue weighted by Gasteiger charge is 2.25. The second-order valence-corrected chi connectivity index (χ2v) is 4.17. The second-order valence-electron chi connectivity index (χ2n) is 4.17. The molecular formula is C16H11NO3. The molecule has 0 unspecified atom stereocenters. The van der Waals surface area contributed by atoms with Gasteiger partial charge in [0.25, 0.3) is 5.91 Å². The van der Waals surface area contributed by atoms with Crippen molar-refractivity contribution < 1.29 is 14.4 Å². The lowest BCUT2D eigenvalue weighted by Crippen LogP contribution is -2.27. The van der Waals surface area contributed by atoms with Crippen molar-refractivity contribution >= 4 is 18.5 Å². The third-order valence-corrected chi connectivity index (χ3v) is 2.94. The van der Waals surface area contributed by atoms with E-state index in [1.54, 1.807) is 30.3 Å². The SMILES string of the molecule is C#CC1C(C=O)=CN(C(=O)c2ccccc2)C=C1C=O. The Balaban J connectivity index is 2.40. The van der Waals surface area contributed by atoms with E-state index in [-0.39, 0.29) is 17.1 Å². The van der Waals surface area contributed by atoms with E-state index in [2.05, 4.69) is 5.92 Å². The topological polar surface area (TPSA) is 54.5 Å². The van der Waals surface area contributed by atoms with Crippen molar-refractivity contribution in [2.24, 2.45) is 5.92 Å². The first kappa shape index (κ1) is 13.5. The maximum Gasteiger partial charge on any atom is 0.261 e. The monoisotopic (exact) mass is 265 g/mol. The van der Waals surface area contributed by atoms with Gasteiger partial charge in [0.1, 0.15) is 12.6 Å². The summed E-state index contributed by atoms with van der Waals surface area (Å²) in [5.41, 5.74) is 0.873. The van der Waals surface area contributed by atoms with Crippen molar-refractivity contribution in [1.29, 1.82) is 0 Å².